The predicted molar refractivity (Wildman–Crippen MR) is 67.1 cm³/mol. The molecule has 2 rings (SSSR count). The molecular weight excluding hydrogens is 254 g/mol. The van der Waals surface area contributed by atoms with Crippen molar-refractivity contribution in [3.05, 3.63) is 29.0 Å². The Balaban J connectivity index is 2.01. The molecule has 0 unspecified atom stereocenters. The van der Waals surface area contributed by atoms with Crippen molar-refractivity contribution >= 4 is 23.5 Å². The lowest BCUT2D eigenvalue weighted by atomic mass is 10.3. The number of hydrogen-bond donors (Lipinski definition) is 0. The van der Waals surface area contributed by atoms with E-state index in [1.807, 2.05) is 6.07 Å². The van der Waals surface area contributed by atoms with Crippen LogP contribution in [-0.2, 0) is 11.3 Å². The van der Waals surface area contributed by atoms with Crippen LogP contribution in [0.1, 0.15) is 18.9 Å². The summed E-state index contributed by atoms with van der Waals surface area (Å²) in [5.41, 5.74) is 0.901. The van der Waals surface area contributed by atoms with Crippen LogP contribution in [0.4, 0.5) is 4.79 Å². The van der Waals surface area contributed by atoms with E-state index >= 15 is 0 Å². The maximum Gasteiger partial charge on any atom is 0.327 e. The van der Waals surface area contributed by atoms with Gasteiger partial charge in [-0.05, 0) is 11.6 Å². The second-order valence-electron chi connectivity index (χ2n) is 4.09. The molecule has 1 saturated heterocycles. The Hall–Kier alpha value is -1.62. The minimum atomic E-state index is -0.225. The summed E-state index contributed by atoms with van der Waals surface area (Å²) in [6.45, 7) is 3.23. The van der Waals surface area contributed by atoms with E-state index in [0.717, 1.165) is 5.56 Å². The monoisotopic (exact) mass is 267 g/mol. The van der Waals surface area contributed by atoms with E-state index < -0.39 is 0 Å². The zero-order valence-electron chi connectivity index (χ0n) is 10.1. The molecule has 1 fully saturated rings. The van der Waals surface area contributed by atoms with Gasteiger partial charge < -0.3 is 4.90 Å². The molecule has 0 aromatic carbocycles. The van der Waals surface area contributed by atoms with Gasteiger partial charge in [0.1, 0.15) is 5.15 Å². The molecule has 0 aliphatic carbocycles. The first-order chi connectivity index (χ1) is 8.61. The number of hydrogen-bond acceptors (Lipinski definition) is 3. The highest BCUT2D eigenvalue weighted by Crippen LogP contribution is 2.14. The van der Waals surface area contributed by atoms with Gasteiger partial charge in [0.2, 0.25) is 5.91 Å². The zero-order chi connectivity index (χ0) is 13.1. The van der Waals surface area contributed by atoms with Crippen LogP contribution >= 0.6 is 11.6 Å². The molecule has 1 aliphatic heterocycles. The van der Waals surface area contributed by atoms with Gasteiger partial charge >= 0.3 is 6.03 Å². The summed E-state index contributed by atoms with van der Waals surface area (Å²) < 4.78 is 0. The van der Waals surface area contributed by atoms with Crippen LogP contribution in [0.2, 0.25) is 5.15 Å². The Kier molecular flexibility index (Phi) is 3.81. The zero-order valence-corrected chi connectivity index (χ0v) is 10.9. The second kappa shape index (κ2) is 5.35. The number of amides is 3. The summed E-state index contributed by atoms with van der Waals surface area (Å²) in [4.78, 5) is 30.4. The van der Waals surface area contributed by atoms with Gasteiger partial charge in [0.15, 0.2) is 0 Å². The number of halogens is 1. The molecule has 0 radical (unpaired) electrons. The van der Waals surface area contributed by atoms with Crippen LogP contribution in [0, 0.1) is 0 Å². The van der Waals surface area contributed by atoms with Gasteiger partial charge in [-0.15, -0.1) is 0 Å². The largest absolute Gasteiger partial charge is 0.327 e. The average Bonchev–Trinajstić information content (AvgIpc) is 2.73. The van der Waals surface area contributed by atoms with Gasteiger partial charge in [-0.25, -0.2) is 9.78 Å². The standard InChI is InChI=1S/C12H14ClN3O2/c1-2-11(17)16-6-5-15(12(16)18)8-9-3-4-10(13)14-7-9/h3-4,7H,2,5-6,8H2,1H3. The maximum absolute atomic E-state index is 12.0. The van der Waals surface area contributed by atoms with Crippen molar-refractivity contribution in [1.29, 1.82) is 0 Å². The minimum absolute atomic E-state index is 0.128. The number of aromatic nitrogens is 1. The summed E-state index contributed by atoms with van der Waals surface area (Å²) in [6, 6.07) is 3.29. The molecule has 0 N–H and O–H groups in total. The molecule has 0 atom stereocenters. The fraction of sp³-hybridized carbons (Fsp3) is 0.417. The second-order valence-corrected chi connectivity index (χ2v) is 4.48. The summed E-state index contributed by atoms with van der Waals surface area (Å²) in [6.07, 6.45) is 1.99. The van der Waals surface area contributed by atoms with E-state index in [4.69, 9.17) is 11.6 Å². The van der Waals surface area contributed by atoms with E-state index in [1.165, 1.54) is 4.90 Å². The Morgan fingerprint density at radius 3 is 2.83 bits per heavy atom. The van der Waals surface area contributed by atoms with Gasteiger partial charge in [-0.1, -0.05) is 24.6 Å². The number of carbonyl (C=O) groups is 2. The number of urea groups is 1. The van der Waals surface area contributed by atoms with Crippen LogP contribution in [0.25, 0.3) is 0 Å². The molecule has 1 aromatic heterocycles. The van der Waals surface area contributed by atoms with Crippen molar-refractivity contribution < 1.29 is 9.59 Å². The van der Waals surface area contributed by atoms with Crippen LogP contribution < -0.4 is 0 Å². The van der Waals surface area contributed by atoms with Gasteiger partial charge in [0.05, 0.1) is 0 Å². The van der Waals surface area contributed by atoms with Gasteiger partial charge in [-0.2, -0.15) is 0 Å². The van der Waals surface area contributed by atoms with Crippen molar-refractivity contribution in [2.24, 2.45) is 0 Å². The van der Waals surface area contributed by atoms with E-state index in [9.17, 15) is 9.59 Å². The quantitative estimate of drug-likeness (QED) is 0.786. The van der Waals surface area contributed by atoms with Crippen LogP contribution in [0.5, 0.6) is 0 Å². The molecule has 0 spiro atoms. The molecule has 1 aromatic rings. The lowest BCUT2D eigenvalue weighted by molar-refractivity contribution is -0.127. The van der Waals surface area contributed by atoms with E-state index in [-0.39, 0.29) is 11.9 Å². The van der Waals surface area contributed by atoms with Gasteiger partial charge in [0.25, 0.3) is 0 Å². The van der Waals surface area contributed by atoms with E-state index in [0.29, 0.717) is 31.2 Å². The third-order valence-corrected chi connectivity index (χ3v) is 3.08. The topological polar surface area (TPSA) is 53.5 Å². The van der Waals surface area contributed by atoms with E-state index in [2.05, 4.69) is 4.98 Å². The first-order valence-electron chi connectivity index (χ1n) is 5.81. The maximum atomic E-state index is 12.0. The molecule has 96 valence electrons. The Labute approximate surface area is 110 Å². The minimum Gasteiger partial charge on any atom is -0.318 e. The summed E-state index contributed by atoms with van der Waals surface area (Å²) >= 11 is 5.70. The number of carbonyl (C=O) groups excluding carboxylic acids is 2. The lowest BCUT2D eigenvalue weighted by Crippen LogP contribution is -2.35. The number of nitrogens with zero attached hydrogens (tertiary/aromatic N) is 3. The van der Waals surface area contributed by atoms with Crippen molar-refractivity contribution in [3.8, 4) is 0 Å². The molecule has 3 amide bonds. The fourth-order valence-electron chi connectivity index (χ4n) is 1.87. The molecule has 0 bridgehead atoms. The predicted octanol–water partition coefficient (Wildman–Crippen LogP) is 1.91. The Morgan fingerprint density at radius 2 is 2.22 bits per heavy atom. The van der Waals surface area contributed by atoms with Crippen LogP contribution in [0.3, 0.4) is 0 Å². The molecule has 6 heteroatoms. The number of rotatable bonds is 3. The first-order valence-corrected chi connectivity index (χ1v) is 6.19. The SMILES string of the molecule is CCC(=O)N1CCN(Cc2ccc(Cl)nc2)C1=O. The Morgan fingerprint density at radius 1 is 1.44 bits per heavy atom. The highest BCUT2D eigenvalue weighted by Gasteiger charge is 2.31. The van der Waals surface area contributed by atoms with E-state index in [1.54, 1.807) is 24.1 Å². The molecule has 18 heavy (non-hydrogen) atoms. The van der Waals surface area contributed by atoms with Crippen molar-refractivity contribution in [2.75, 3.05) is 13.1 Å². The third-order valence-electron chi connectivity index (χ3n) is 2.86. The molecular formula is C12H14ClN3O2. The van der Waals surface area contributed by atoms with Crippen molar-refractivity contribution in [2.45, 2.75) is 19.9 Å². The number of pyridine rings is 1. The number of imide groups is 1. The molecule has 0 saturated carbocycles. The highest BCUT2D eigenvalue weighted by molar-refractivity contribution is 6.29. The summed E-state index contributed by atoms with van der Waals surface area (Å²) in [5, 5.41) is 0.425. The van der Waals surface area contributed by atoms with Crippen molar-refractivity contribution in [1.82, 2.24) is 14.8 Å². The summed E-state index contributed by atoms with van der Waals surface area (Å²) in [7, 11) is 0. The molecule has 5 nitrogen and oxygen atoms in total. The lowest BCUT2D eigenvalue weighted by Gasteiger charge is -2.16. The van der Waals surface area contributed by atoms with Gasteiger partial charge in [0, 0.05) is 32.3 Å². The average molecular weight is 268 g/mol. The normalized spacial score (nSPS) is 15.3. The smallest absolute Gasteiger partial charge is 0.318 e. The van der Waals surface area contributed by atoms with Crippen LogP contribution in [-0.4, -0.2) is 39.8 Å². The van der Waals surface area contributed by atoms with Crippen molar-refractivity contribution in [3.63, 3.8) is 0 Å². The first kappa shape index (κ1) is 12.8. The molecule has 2 heterocycles. The highest BCUT2D eigenvalue weighted by atomic mass is 35.5. The molecule has 1 aliphatic rings. The fourth-order valence-corrected chi connectivity index (χ4v) is 1.98. The van der Waals surface area contributed by atoms with Gasteiger partial charge in [-0.3, -0.25) is 9.69 Å². The summed E-state index contributed by atoms with van der Waals surface area (Å²) in [5.74, 6) is -0.128. The van der Waals surface area contributed by atoms with Crippen LogP contribution in [0.15, 0.2) is 18.3 Å². The third kappa shape index (κ3) is 2.61. The Bertz CT molecular complexity index is 461.